The Bertz CT molecular complexity index is 852. The van der Waals surface area contributed by atoms with Gasteiger partial charge in [0.2, 0.25) is 6.10 Å². The molecule has 1 atom stereocenters. The van der Waals surface area contributed by atoms with Crippen molar-refractivity contribution in [1.82, 2.24) is 4.57 Å². The Hall–Kier alpha value is -2.77. The SMILES string of the molecule is CCCCOC(=O)[C@H]1CN(c2ccc3c(c2)oc(=O)n3CC)C(=O)O1. The summed E-state index contributed by atoms with van der Waals surface area (Å²) in [5.41, 5.74) is 1.53. The molecule has 8 nitrogen and oxygen atoms in total. The summed E-state index contributed by atoms with van der Waals surface area (Å²) in [4.78, 5) is 37.1. The van der Waals surface area contributed by atoms with Crippen LogP contribution in [0.1, 0.15) is 26.7 Å². The van der Waals surface area contributed by atoms with E-state index in [-0.39, 0.29) is 6.54 Å². The van der Waals surface area contributed by atoms with Crippen molar-refractivity contribution >= 4 is 28.8 Å². The van der Waals surface area contributed by atoms with Gasteiger partial charge in [-0.05, 0) is 25.5 Å². The summed E-state index contributed by atoms with van der Waals surface area (Å²) in [6, 6.07) is 4.99. The van der Waals surface area contributed by atoms with Gasteiger partial charge in [-0.15, -0.1) is 0 Å². The molecule has 2 aromatic rings. The summed E-state index contributed by atoms with van der Waals surface area (Å²) in [5, 5.41) is 0. The Kier molecular flexibility index (Phi) is 4.78. The second-order valence-corrected chi connectivity index (χ2v) is 5.77. The van der Waals surface area contributed by atoms with Gasteiger partial charge in [0.25, 0.3) is 0 Å². The molecule has 1 fully saturated rings. The van der Waals surface area contributed by atoms with Gasteiger partial charge in [0, 0.05) is 12.6 Å². The predicted molar refractivity (Wildman–Crippen MR) is 89.6 cm³/mol. The molecule has 1 aromatic heterocycles. The van der Waals surface area contributed by atoms with Gasteiger partial charge in [0.15, 0.2) is 5.58 Å². The molecular weight excluding hydrogens is 328 g/mol. The lowest BCUT2D eigenvalue weighted by Gasteiger charge is -2.12. The number of oxazole rings is 1. The molecule has 0 bridgehead atoms. The number of nitrogens with zero attached hydrogens (tertiary/aromatic N) is 2. The Morgan fingerprint density at radius 3 is 2.84 bits per heavy atom. The number of hydrogen-bond donors (Lipinski definition) is 0. The molecule has 0 aliphatic carbocycles. The molecule has 0 N–H and O–H groups in total. The normalized spacial score (nSPS) is 17.1. The third-order valence-electron chi connectivity index (χ3n) is 4.10. The number of unbranched alkanes of at least 4 members (excludes halogenated alkanes) is 1. The highest BCUT2D eigenvalue weighted by Gasteiger charge is 2.38. The number of esters is 1. The van der Waals surface area contributed by atoms with Crippen molar-refractivity contribution in [2.45, 2.75) is 39.3 Å². The van der Waals surface area contributed by atoms with Crippen molar-refractivity contribution < 1.29 is 23.5 Å². The van der Waals surface area contributed by atoms with Crippen molar-refractivity contribution in [3.63, 3.8) is 0 Å². The van der Waals surface area contributed by atoms with Gasteiger partial charge >= 0.3 is 17.8 Å². The van der Waals surface area contributed by atoms with Gasteiger partial charge in [-0.2, -0.15) is 0 Å². The Labute approximate surface area is 143 Å². The first-order valence-corrected chi connectivity index (χ1v) is 8.33. The van der Waals surface area contributed by atoms with Crippen LogP contribution < -0.4 is 10.7 Å². The maximum atomic E-state index is 12.1. The maximum Gasteiger partial charge on any atom is 0.419 e. The number of carbonyl (C=O) groups is 2. The topological polar surface area (TPSA) is 91.0 Å². The van der Waals surface area contributed by atoms with Gasteiger partial charge in [-0.1, -0.05) is 13.3 Å². The highest BCUT2D eigenvalue weighted by molar-refractivity contribution is 5.95. The minimum absolute atomic E-state index is 0.0635. The number of aryl methyl sites for hydroxylation is 1. The molecule has 1 aromatic carbocycles. The minimum atomic E-state index is -0.952. The molecule has 3 rings (SSSR count). The third kappa shape index (κ3) is 3.24. The minimum Gasteiger partial charge on any atom is -0.463 e. The van der Waals surface area contributed by atoms with Gasteiger partial charge in [-0.25, -0.2) is 14.4 Å². The van der Waals surface area contributed by atoms with Crippen LogP contribution in [0, 0.1) is 0 Å². The van der Waals surface area contributed by atoms with Crippen LogP contribution in [-0.4, -0.2) is 35.9 Å². The number of benzene rings is 1. The van der Waals surface area contributed by atoms with E-state index in [9.17, 15) is 14.4 Å². The Balaban J connectivity index is 1.78. The number of fused-ring (bicyclic) bond motifs is 1. The number of anilines is 1. The Morgan fingerprint density at radius 2 is 2.12 bits per heavy atom. The molecule has 0 unspecified atom stereocenters. The van der Waals surface area contributed by atoms with Crippen molar-refractivity contribution in [3.8, 4) is 0 Å². The van der Waals surface area contributed by atoms with E-state index in [1.807, 2.05) is 13.8 Å². The van der Waals surface area contributed by atoms with Gasteiger partial charge in [-0.3, -0.25) is 9.47 Å². The third-order valence-corrected chi connectivity index (χ3v) is 4.10. The Morgan fingerprint density at radius 1 is 1.32 bits per heavy atom. The number of carbonyl (C=O) groups excluding carboxylic acids is 2. The molecular formula is C17H20N2O6. The largest absolute Gasteiger partial charge is 0.463 e. The zero-order chi connectivity index (χ0) is 18.0. The first-order valence-electron chi connectivity index (χ1n) is 8.33. The van der Waals surface area contributed by atoms with Gasteiger partial charge in [0.1, 0.15) is 0 Å². The molecule has 0 saturated carbocycles. The summed E-state index contributed by atoms with van der Waals surface area (Å²) >= 11 is 0. The van der Waals surface area contributed by atoms with E-state index in [2.05, 4.69) is 0 Å². The molecule has 8 heteroatoms. The number of hydrogen-bond acceptors (Lipinski definition) is 6. The van der Waals surface area contributed by atoms with Crippen molar-refractivity contribution in [1.29, 1.82) is 0 Å². The lowest BCUT2D eigenvalue weighted by Crippen LogP contribution is -2.29. The first kappa shape index (κ1) is 17.1. The summed E-state index contributed by atoms with van der Waals surface area (Å²) in [6.45, 7) is 4.70. The van der Waals surface area contributed by atoms with E-state index in [4.69, 9.17) is 13.9 Å². The van der Waals surface area contributed by atoms with Gasteiger partial charge < -0.3 is 13.9 Å². The van der Waals surface area contributed by atoms with E-state index in [1.54, 1.807) is 18.2 Å². The average Bonchev–Trinajstić information content (AvgIpc) is 3.13. The quantitative estimate of drug-likeness (QED) is 0.587. The van der Waals surface area contributed by atoms with E-state index in [1.165, 1.54) is 9.47 Å². The van der Waals surface area contributed by atoms with E-state index in [0.29, 0.717) is 29.9 Å². The van der Waals surface area contributed by atoms with Crippen molar-refractivity contribution in [3.05, 3.63) is 28.7 Å². The molecule has 0 spiro atoms. The smallest absolute Gasteiger partial charge is 0.419 e. The highest BCUT2D eigenvalue weighted by atomic mass is 16.6. The van der Waals surface area contributed by atoms with Crippen LogP contribution in [0.5, 0.6) is 0 Å². The fourth-order valence-electron chi connectivity index (χ4n) is 2.73. The van der Waals surface area contributed by atoms with Crippen LogP contribution in [0.3, 0.4) is 0 Å². The van der Waals surface area contributed by atoms with Crippen molar-refractivity contribution in [2.75, 3.05) is 18.1 Å². The van der Waals surface area contributed by atoms with Crippen LogP contribution in [0.2, 0.25) is 0 Å². The highest BCUT2D eigenvalue weighted by Crippen LogP contribution is 2.26. The molecule has 1 aliphatic rings. The summed E-state index contributed by atoms with van der Waals surface area (Å²) in [7, 11) is 0. The molecule has 1 aliphatic heterocycles. The maximum absolute atomic E-state index is 12.1. The fraction of sp³-hybridized carbons (Fsp3) is 0.471. The lowest BCUT2D eigenvalue weighted by molar-refractivity contribution is -0.151. The van der Waals surface area contributed by atoms with E-state index in [0.717, 1.165) is 12.8 Å². The zero-order valence-corrected chi connectivity index (χ0v) is 14.2. The molecule has 0 radical (unpaired) electrons. The second-order valence-electron chi connectivity index (χ2n) is 5.77. The monoisotopic (exact) mass is 348 g/mol. The molecule has 1 saturated heterocycles. The zero-order valence-electron chi connectivity index (χ0n) is 14.2. The summed E-state index contributed by atoms with van der Waals surface area (Å²) in [5.74, 6) is -0.995. The van der Waals surface area contributed by atoms with Crippen LogP contribution in [0.15, 0.2) is 27.4 Å². The number of amides is 1. The summed E-state index contributed by atoms with van der Waals surface area (Å²) < 4.78 is 16.9. The van der Waals surface area contributed by atoms with Crippen LogP contribution in [0.25, 0.3) is 11.1 Å². The molecule has 1 amide bonds. The van der Waals surface area contributed by atoms with E-state index >= 15 is 0 Å². The number of rotatable bonds is 6. The first-order chi connectivity index (χ1) is 12.0. The fourth-order valence-corrected chi connectivity index (χ4v) is 2.73. The summed E-state index contributed by atoms with van der Waals surface area (Å²) in [6.07, 6.45) is 0.0913. The average molecular weight is 348 g/mol. The number of ether oxygens (including phenoxy) is 2. The van der Waals surface area contributed by atoms with E-state index < -0.39 is 23.9 Å². The van der Waals surface area contributed by atoms with Crippen LogP contribution in [0.4, 0.5) is 10.5 Å². The standard InChI is InChI=1S/C17H20N2O6/c1-3-5-8-23-15(20)14-10-19(17(22)25-14)11-6-7-12-13(9-11)24-16(21)18(12)4-2/h6-7,9,14H,3-5,8,10H2,1-2H3/t14-/m1/s1. The number of aromatic nitrogens is 1. The molecule has 2 heterocycles. The van der Waals surface area contributed by atoms with Gasteiger partial charge in [0.05, 0.1) is 24.4 Å². The number of cyclic esters (lactones) is 1. The van der Waals surface area contributed by atoms with Crippen LogP contribution in [-0.2, 0) is 20.8 Å². The lowest BCUT2D eigenvalue weighted by atomic mass is 10.2. The predicted octanol–water partition coefficient (Wildman–Crippen LogP) is 2.28. The second kappa shape index (κ2) is 7.00. The van der Waals surface area contributed by atoms with Crippen molar-refractivity contribution in [2.24, 2.45) is 0 Å². The molecule has 134 valence electrons. The van der Waals surface area contributed by atoms with Crippen LogP contribution >= 0.6 is 0 Å². The molecule has 25 heavy (non-hydrogen) atoms.